The van der Waals surface area contributed by atoms with Crippen LogP contribution in [0, 0.1) is 6.92 Å². The normalized spacial score (nSPS) is 10.3. The number of amides is 2. The second-order valence-electron chi connectivity index (χ2n) is 6.00. The fourth-order valence-electron chi connectivity index (χ4n) is 2.62. The number of hydrogen-bond acceptors (Lipinski definition) is 4. The monoisotopic (exact) mass is 364 g/mol. The summed E-state index contributed by atoms with van der Waals surface area (Å²) in [5.41, 5.74) is 3.22. The Labute approximate surface area is 157 Å². The molecular formula is C20H20N4O3. The Morgan fingerprint density at radius 1 is 1.00 bits per heavy atom. The van der Waals surface area contributed by atoms with Crippen molar-refractivity contribution in [1.82, 2.24) is 9.78 Å². The molecule has 2 amide bonds. The lowest BCUT2D eigenvalue weighted by molar-refractivity contribution is -0.114. The molecule has 7 nitrogen and oxygen atoms in total. The number of carbonyl (C=O) groups excluding carboxylic acids is 2. The molecular weight excluding hydrogens is 344 g/mol. The summed E-state index contributed by atoms with van der Waals surface area (Å²) >= 11 is 0. The highest BCUT2D eigenvalue weighted by atomic mass is 16.5. The molecule has 0 aliphatic rings. The van der Waals surface area contributed by atoms with E-state index in [1.807, 2.05) is 31.2 Å². The first-order chi connectivity index (χ1) is 13.0. The molecule has 1 heterocycles. The van der Waals surface area contributed by atoms with Crippen molar-refractivity contribution in [1.29, 1.82) is 0 Å². The molecule has 0 bridgehead atoms. The number of nitrogens with zero attached hydrogens (tertiary/aromatic N) is 2. The van der Waals surface area contributed by atoms with Crippen molar-refractivity contribution in [3.8, 4) is 11.4 Å². The van der Waals surface area contributed by atoms with Gasteiger partial charge in [-0.3, -0.25) is 9.59 Å². The molecule has 2 N–H and O–H groups in total. The lowest BCUT2D eigenvalue weighted by atomic mass is 10.2. The van der Waals surface area contributed by atoms with E-state index in [1.54, 1.807) is 42.1 Å². The highest BCUT2D eigenvalue weighted by Gasteiger charge is 2.14. The van der Waals surface area contributed by atoms with Crippen LogP contribution >= 0.6 is 0 Å². The Hall–Kier alpha value is -3.61. The Bertz CT molecular complexity index is 977. The van der Waals surface area contributed by atoms with E-state index in [4.69, 9.17) is 4.74 Å². The SMILES string of the molecule is COc1cccc(-n2nc(C(=O)Nc3ccc(NC(C)=O)cc3)cc2C)c1. The van der Waals surface area contributed by atoms with Gasteiger partial charge in [-0.25, -0.2) is 4.68 Å². The summed E-state index contributed by atoms with van der Waals surface area (Å²) in [6.45, 7) is 3.32. The molecule has 0 atom stereocenters. The summed E-state index contributed by atoms with van der Waals surface area (Å²) in [7, 11) is 1.60. The van der Waals surface area contributed by atoms with Crippen LogP contribution in [0.15, 0.2) is 54.6 Å². The number of hydrogen-bond donors (Lipinski definition) is 2. The standard InChI is InChI=1S/C20H20N4O3/c1-13-11-19(23-24(13)17-5-4-6-18(12-17)27-3)20(26)22-16-9-7-15(8-10-16)21-14(2)25/h4-12H,1-3H3,(H,21,25)(H,22,26). The molecule has 1 aromatic heterocycles. The van der Waals surface area contributed by atoms with Crippen LogP contribution in [0.25, 0.3) is 5.69 Å². The number of anilines is 2. The van der Waals surface area contributed by atoms with Crippen molar-refractivity contribution < 1.29 is 14.3 Å². The maximum Gasteiger partial charge on any atom is 0.276 e. The number of methoxy groups -OCH3 is 1. The number of aryl methyl sites for hydroxylation is 1. The molecule has 0 spiro atoms. The summed E-state index contributed by atoms with van der Waals surface area (Å²) in [6, 6.07) is 16.1. The lowest BCUT2D eigenvalue weighted by Gasteiger charge is -2.07. The van der Waals surface area contributed by atoms with Crippen molar-refractivity contribution in [2.45, 2.75) is 13.8 Å². The van der Waals surface area contributed by atoms with Crippen LogP contribution in [0.4, 0.5) is 11.4 Å². The summed E-state index contributed by atoms with van der Waals surface area (Å²) in [5, 5.41) is 9.88. The largest absolute Gasteiger partial charge is 0.497 e. The predicted molar refractivity (Wildman–Crippen MR) is 104 cm³/mol. The Morgan fingerprint density at radius 3 is 2.30 bits per heavy atom. The number of ether oxygens (including phenoxy) is 1. The number of benzene rings is 2. The minimum Gasteiger partial charge on any atom is -0.497 e. The van der Waals surface area contributed by atoms with Crippen molar-refractivity contribution in [2.75, 3.05) is 17.7 Å². The van der Waals surface area contributed by atoms with Crippen molar-refractivity contribution >= 4 is 23.2 Å². The van der Waals surface area contributed by atoms with Crippen LogP contribution in [0.1, 0.15) is 23.1 Å². The molecule has 3 aromatic rings. The van der Waals surface area contributed by atoms with Gasteiger partial charge in [-0.15, -0.1) is 0 Å². The van der Waals surface area contributed by atoms with E-state index >= 15 is 0 Å². The average molecular weight is 364 g/mol. The topological polar surface area (TPSA) is 85.2 Å². The van der Waals surface area contributed by atoms with Gasteiger partial charge in [-0.05, 0) is 49.4 Å². The van der Waals surface area contributed by atoms with Gasteiger partial charge < -0.3 is 15.4 Å². The van der Waals surface area contributed by atoms with Gasteiger partial charge in [0.1, 0.15) is 5.75 Å². The number of nitrogens with one attached hydrogen (secondary N) is 2. The smallest absolute Gasteiger partial charge is 0.276 e. The summed E-state index contributed by atoms with van der Waals surface area (Å²) in [5.74, 6) is 0.255. The van der Waals surface area contributed by atoms with Crippen molar-refractivity contribution in [3.63, 3.8) is 0 Å². The van der Waals surface area contributed by atoms with E-state index < -0.39 is 0 Å². The fourth-order valence-corrected chi connectivity index (χ4v) is 2.62. The van der Waals surface area contributed by atoms with Gasteiger partial charge in [0.2, 0.25) is 5.91 Å². The zero-order valence-corrected chi connectivity index (χ0v) is 15.3. The molecule has 138 valence electrons. The van der Waals surface area contributed by atoms with Gasteiger partial charge >= 0.3 is 0 Å². The van der Waals surface area contributed by atoms with Gasteiger partial charge in [-0.1, -0.05) is 6.07 Å². The molecule has 0 saturated heterocycles. The first-order valence-electron chi connectivity index (χ1n) is 8.36. The molecule has 2 aromatic carbocycles. The number of aromatic nitrogens is 2. The van der Waals surface area contributed by atoms with Gasteiger partial charge in [0.25, 0.3) is 5.91 Å². The molecule has 0 unspecified atom stereocenters. The fraction of sp³-hybridized carbons (Fsp3) is 0.150. The minimum absolute atomic E-state index is 0.148. The molecule has 3 rings (SSSR count). The van der Waals surface area contributed by atoms with Gasteiger partial charge in [0.15, 0.2) is 5.69 Å². The molecule has 0 fully saturated rings. The van der Waals surface area contributed by atoms with E-state index in [0.29, 0.717) is 22.8 Å². The van der Waals surface area contributed by atoms with Crippen LogP contribution in [-0.4, -0.2) is 28.7 Å². The average Bonchev–Trinajstić information content (AvgIpc) is 3.05. The van der Waals surface area contributed by atoms with E-state index in [1.165, 1.54) is 6.92 Å². The number of rotatable bonds is 5. The Morgan fingerprint density at radius 2 is 1.67 bits per heavy atom. The van der Waals surface area contributed by atoms with Crippen LogP contribution in [0.3, 0.4) is 0 Å². The second-order valence-corrected chi connectivity index (χ2v) is 6.00. The quantitative estimate of drug-likeness (QED) is 0.727. The molecule has 7 heteroatoms. The van der Waals surface area contributed by atoms with Crippen molar-refractivity contribution in [2.24, 2.45) is 0 Å². The third-order valence-corrected chi connectivity index (χ3v) is 3.88. The Kier molecular flexibility index (Phi) is 5.21. The highest BCUT2D eigenvalue weighted by molar-refractivity contribution is 6.03. The first-order valence-corrected chi connectivity index (χ1v) is 8.36. The maximum atomic E-state index is 12.5. The van der Waals surface area contributed by atoms with Crippen LogP contribution in [-0.2, 0) is 4.79 Å². The first kappa shape index (κ1) is 18.2. The molecule has 0 aliphatic carbocycles. The third-order valence-electron chi connectivity index (χ3n) is 3.88. The lowest BCUT2D eigenvalue weighted by Crippen LogP contribution is -2.13. The molecule has 0 radical (unpaired) electrons. The Balaban J connectivity index is 1.76. The zero-order valence-electron chi connectivity index (χ0n) is 15.3. The van der Waals surface area contributed by atoms with Gasteiger partial charge in [0.05, 0.1) is 12.8 Å². The second kappa shape index (κ2) is 7.74. The zero-order chi connectivity index (χ0) is 19.4. The van der Waals surface area contributed by atoms with E-state index in [2.05, 4.69) is 15.7 Å². The molecule has 0 aliphatic heterocycles. The summed E-state index contributed by atoms with van der Waals surface area (Å²) in [4.78, 5) is 23.6. The number of carbonyl (C=O) groups is 2. The maximum absolute atomic E-state index is 12.5. The van der Waals surface area contributed by atoms with Crippen molar-refractivity contribution in [3.05, 3.63) is 66.0 Å². The van der Waals surface area contributed by atoms with E-state index in [-0.39, 0.29) is 11.8 Å². The third kappa shape index (κ3) is 4.33. The van der Waals surface area contributed by atoms with Crippen LogP contribution in [0.2, 0.25) is 0 Å². The predicted octanol–water partition coefficient (Wildman–Crippen LogP) is 3.40. The van der Waals surface area contributed by atoms with Gasteiger partial charge in [0, 0.05) is 30.1 Å². The van der Waals surface area contributed by atoms with E-state index in [9.17, 15) is 9.59 Å². The van der Waals surface area contributed by atoms with Crippen LogP contribution in [0.5, 0.6) is 5.75 Å². The highest BCUT2D eigenvalue weighted by Crippen LogP contribution is 2.19. The van der Waals surface area contributed by atoms with Gasteiger partial charge in [-0.2, -0.15) is 5.10 Å². The molecule has 0 saturated carbocycles. The van der Waals surface area contributed by atoms with E-state index in [0.717, 1.165) is 11.4 Å². The summed E-state index contributed by atoms with van der Waals surface area (Å²) < 4.78 is 6.93. The van der Waals surface area contributed by atoms with Crippen LogP contribution < -0.4 is 15.4 Å². The minimum atomic E-state index is -0.313. The molecule has 27 heavy (non-hydrogen) atoms. The summed E-state index contributed by atoms with van der Waals surface area (Å²) in [6.07, 6.45) is 0.